The second-order valence-electron chi connectivity index (χ2n) is 4.39. The monoisotopic (exact) mass is 244 g/mol. The van der Waals surface area contributed by atoms with Gasteiger partial charge in [-0.3, -0.25) is 0 Å². The first kappa shape index (κ1) is 16.6. The summed E-state index contributed by atoms with van der Waals surface area (Å²) in [4.78, 5) is 0. The van der Waals surface area contributed by atoms with Gasteiger partial charge in [-0.05, 0) is 26.2 Å². The number of aliphatic hydroxyl groups excluding tert-OH is 2. The first-order chi connectivity index (χ1) is 8.31. The Bertz CT molecular complexity index is 169. The van der Waals surface area contributed by atoms with E-state index >= 15 is 0 Å². The zero-order valence-corrected chi connectivity index (χ0v) is 11.1. The maximum atomic E-state index is 9.02. The van der Waals surface area contributed by atoms with Crippen LogP contribution in [0.1, 0.15) is 51.9 Å². The summed E-state index contributed by atoms with van der Waals surface area (Å²) in [6.07, 6.45) is 12.2. The van der Waals surface area contributed by atoms with Crippen molar-refractivity contribution in [3.8, 4) is 0 Å². The van der Waals surface area contributed by atoms with Gasteiger partial charge in [-0.1, -0.05) is 37.8 Å². The van der Waals surface area contributed by atoms with Gasteiger partial charge in [0.1, 0.15) is 6.10 Å². The smallest absolute Gasteiger partial charge is 0.100 e. The molecular weight excluding hydrogens is 216 g/mol. The van der Waals surface area contributed by atoms with Crippen LogP contribution in [0.4, 0.5) is 0 Å². The number of hydrogen-bond donors (Lipinski definition) is 2. The predicted molar refractivity (Wildman–Crippen MR) is 71.0 cm³/mol. The summed E-state index contributed by atoms with van der Waals surface area (Å²) in [7, 11) is 0. The lowest BCUT2D eigenvalue weighted by Crippen LogP contribution is -2.19. The van der Waals surface area contributed by atoms with Gasteiger partial charge in [-0.25, -0.2) is 0 Å². The molecule has 0 aliphatic rings. The molecule has 0 fully saturated rings. The number of aliphatic hydroxyl groups is 2. The first-order valence-electron chi connectivity index (χ1n) is 6.79. The molecule has 0 amide bonds. The van der Waals surface area contributed by atoms with Gasteiger partial charge in [0.2, 0.25) is 0 Å². The minimum absolute atomic E-state index is 0.216. The van der Waals surface area contributed by atoms with E-state index in [9.17, 15) is 0 Å². The van der Waals surface area contributed by atoms with Crippen molar-refractivity contribution in [2.75, 3.05) is 19.8 Å². The highest BCUT2D eigenvalue weighted by molar-refractivity contribution is 4.76. The Balaban J connectivity index is 2.98. The number of rotatable bonds is 12. The number of hydrogen-bond acceptors (Lipinski definition) is 3. The van der Waals surface area contributed by atoms with Gasteiger partial charge in [0.05, 0.1) is 13.2 Å². The van der Waals surface area contributed by atoms with E-state index in [1.54, 1.807) is 0 Å². The lowest BCUT2D eigenvalue weighted by atomic mass is 10.1. The SMILES string of the molecule is C/C=C/CCCCCCCCOC[C@H](O)CO. The zero-order valence-electron chi connectivity index (χ0n) is 11.1. The minimum atomic E-state index is -0.721. The van der Waals surface area contributed by atoms with Gasteiger partial charge in [0.25, 0.3) is 0 Å². The Morgan fingerprint density at radius 1 is 1.06 bits per heavy atom. The summed E-state index contributed by atoms with van der Waals surface area (Å²) in [5.74, 6) is 0. The maximum absolute atomic E-state index is 9.02. The average molecular weight is 244 g/mol. The first-order valence-corrected chi connectivity index (χ1v) is 6.79. The highest BCUT2D eigenvalue weighted by Gasteiger charge is 2.00. The van der Waals surface area contributed by atoms with Crippen molar-refractivity contribution >= 4 is 0 Å². The van der Waals surface area contributed by atoms with Gasteiger partial charge in [0.15, 0.2) is 0 Å². The van der Waals surface area contributed by atoms with Crippen LogP contribution in [0.5, 0.6) is 0 Å². The van der Waals surface area contributed by atoms with E-state index in [0.717, 1.165) is 6.42 Å². The quantitative estimate of drug-likeness (QED) is 0.410. The van der Waals surface area contributed by atoms with Crippen LogP contribution in [0, 0.1) is 0 Å². The van der Waals surface area contributed by atoms with E-state index in [1.165, 1.54) is 38.5 Å². The van der Waals surface area contributed by atoms with E-state index in [4.69, 9.17) is 14.9 Å². The fourth-order valence-corrected chi connectivity index (χ4v) is 1.61. The van der Waals surface area contributed by atoms with Crippen LogP contribution < -0.4 is 0 Å². The van der Waals surface area contributed by atoms with Crippen molar-refractivity contribution < 1.29 is 14.9 Å². The molecule has 3 heteroatoms. The molecule has 17 heavy (non-hydrogen) atoms. The van der Waals surface area contributed by atoms with Crippen molar-refractivity contribution in [1.29, 1.82) is 0 Å². The second-order valence-corrected chi connectivity index (χ2v) is 4.39. The lowest BCUT2D eigenvalue weighted by molar-refractivity contribution is 0.00526. The molecule has 0 aromatic rings. The van der Waals surface area contributed by atoms with Crippen molar-refractivity contribution in [2.45, 2.75) is 58.0 Å². The number of unbranched alkanes of at least 4 members (excludes halogenated alkanes) is 6. The molecule has 2 N–H and O–H groups in total. The normalized spacial score (nSPS) is 13.4. The third kappa shape index (κ3) is 13.6. The molecule has 0 aromatic carbocycles. The molecule has 0 unspecified atom stereocenters. The van der Waals surface area contributed by atoms with E-state index < -0.39 is 6.10 Å². The molecule has 1 atom stereocenters. The van der Waals surface area contributed by atoms with Gasteiger partial charge in [-0.15, -0.1) is 0 Å². The van der Waals surface area contributed by atoms with E-state index in [1.807, 2.05) is 0 Å². The van der Waals surface area contributed by atoms with Crippen molar-refractivity contribution in [3.05, 3.63) is 12.2 Å². The lowest BCUT2D eigenvalue weighted by Gasteiger charge is -2.07. The molecule has 102 valence electrons. The summed E-state index contributed by atoms with van der Waals surface area (Å²) in [6, 6.07) is 0. The molecule has 0 saturated carbocycles. The fourth-order valence-electron chi connectivity index (χ4n) is 1.61. The number of ether oxygens (including phenoxy) is 1. The summed E-state index contributed by atoms with van der Waals surface area (Å²) < 4.78 is 5.23. The minimum Gasteiger partial charge on any atom is -0.394 e. The third-order valence-corrected chi connectivity index (χ3v) is 2.67. The van der Waals surface area contributed by atoms with Crippen LogP contribution in [0.3, 0.4) is 0 Å². The summed E-state index contributed by atoms with van der Waals surface area (Å²) >= 11 is 0. The van der Waals surface area contributed by atoms with Crippen LogP contribution in [-0.4, -0.2) is 36.1 Å². The van der Waals surface area contributed by atoms with Crippen LogP contribution in [0.15, 0.2) is 12.2 Å². The molecule has 0 saturated heterocycles. The summed E-state index contributed by atoms with van der Waals surface area (Å²) in [6.45, 7) is 2.79. The Hall–Kier alpha value is -0.380. The van der Waals surface area contributed by atoms with Gasteiger partial charge in [-0.2, -0.15) is 0 Å². The van der Waals surface area contributed by atoms with Gasteiger partial charge in [0, 0.05) is 6.61 Å². The van der Waals surface area contributed by atoms with Crippen molar-refractivity contribution in [3.63, 3.8) is 0 Å². The highest BCUT2D eigenvalue weighted by atomic mass is 16.5. The topological polar surface area (TPSA) is 49.7 Å². The highest BCUT2D eigenvalue weighted by Crippen LogP contribution is 2.07. The van der Waals surface area contributed by atoms with Crippen LogP contribution >= 0.6 is 0 Å². The Kier molecular flexibility index (Phi) is 13.4. The van der Waals surface area contributed by atoms with Crippen molar-refractivity contribution in [2.24, 2.45) is 0 Å². The van der Waals surface area contributed by atoms with E-state index in [0.29, 0.717) is 6.61 Å². The van der Waals surface area contributed by atoms with Crippen molar-refractivity contribution in [1.82, 2.24) is 0 Å². The van der Waals surface area contributed by atoms with Crippen LogP contribution in [0.25, 0.3) is 0 Å². The number of allylic oxidation sites excluding steroid dienone is 2. The third-order valence-electron chi connectivity index (χ3n) is 2.67. The van der Waals surface area contributed by atoms with Gasteiger partial charge < -0.3 is 14.9 Å². The van der Waals surface area contributed by atoms with E-state index in [-0.39, 0.29) is 13.2 Å². The summed E-state index contributed by atoms with van der Waals surface area (Å²) in [5.41, 5.74) is 0. The molecule has 3 nitrogen and oxygen atoms in total. The molecule has 0 heterocycles. The zero-order chi connectivity index (χ0) is 12.8. The molecule has 0 aliphatic carbocycles. The Morgan fingerprint density at radius 2 is 1.71 bits per heavy atom. The maximum Gasteiger partial charge on any atom is 0.100 e. The standard InChI is InChI=1S/C14H28O3/c1-2-3-4-5-6-7-8-9-10-11-17-13-14(16)12-15/h2-3,14-16H,4-13H2,1H3/b3-2+/t14-/m1/s1. The molecular formula is C14H28O3. The molecule has 0 rings (SSSR count). The van der Waals surface area contributed by atoms with Gasteiger partial charge >= 0.3 is 0 Å². The molecule has 0 radical (unpaired) electrons. The average Bonchev–Trinajstić information content (AvgIpc) is 2.35. The predicted octanol–water partition coefficient (Wildman–Crippen LogP) is 2.66. The summed E-state index contributed by atoms with van der Waals surface area (Å²) in [5, 5.41) is 17.6. The largest absolute Gasteiger partial charge is 0.394 e. The molecule has 0 spiro atoms. The Morgan fingerprint density at radius 3 is 2.35 bits per heavy atom. The molecule has 0 aliphatic heterocycles. The molecule has 0 bridgehead atoms. The Labute approximate surface area is 105 Å². The van der Waals surface area contributed by atoms with Crippen LogP contribution in [-0.2, 0) is 4.74 Å². The van der Waals surface area contributed by atoms with Crippen LogP contribution in [0.2, 0.25) is 0 Å². The molecule has 0 aromatic heterocycles. The fraction of sp³-hybridized carbons (Fsp3) is 0.857. The second kappa shape index (κ2) is 13.7. The van der Waals surface area contributed by atoms with E-state index in [2.05, 4.69) is 19.1 Å².